The maximum Gasteiger partial charge on any atom is 0.245 e. The number of alkyl halides is 1. The molecule has 0 bridgehead atoms. The van der Waals surface area contributed by atoms with Crippen molar-refractivity contribution < 1.29 is 9.59 Å². The summed E-state index contributed by atoms with van der Waals surface area (Å²) in [5, 5.41) is 1.43. The first-order chi connectivity index (χ1) is 7.09. The highest BCUT2D eigenvalue weighted by atomic mass is 127. The van der Waals surface area contributed by atoms with Gasteiger partial charge in [0, 0.05) is 3.57 Å². The van der Waals surface area contributed by atoms with Gasteiger partial charge >= 0.3 is 0 Å². The molecule has 1 aliphatic heterocycles. The van der Waals surface area contributed by atoms with Gasteiger partial charge in [0.05, 0.1) is 5.92 Å². The maximum absolute atomic E-state index is 11.5. The van der Waals surface area contributed by atoms with E-state index in [0.29, 0.717) is 0 Å². The van der Waals surface area contributed by atoms with Crippen molar-refractivity contribution in [2.45, 2.75) is 11.3 Å². The van der Waals surface area contributed by atoms with Gasteiger partial charge in [0.1, 0.15) is 5.38 Å². The Balaban J connectivity index is 2.39. The molecule has 1 heterocycles. The van der Waals surface area contributed by atoms with Crippen LogP contribution in [0.1, 0.15) is 11.5 Å². The molecule has 2 rings (SSSR count). The summed E-state index contributed by atoms with van der Waals surface area (Å²) in [5.41, 5.74) is 0.783. The molecule has 3 nitrogen and oxygen atoms in total. The van der Waals surface area contributed by atoms with Gasteiger partial charge < -0.3 is 0 Å². The normalized spacial score (nSPS) is 25.5. The molecule has 15 heavy (non-hydrogen) atoms. The molecule has 78 valence electrons. The molecule has 1 aromatic carbocycles. The molecule has 1 fully saturated rings. The molecular formula is C10H7ClINO2. The smallest absolute Gasteiger partial charge is 0.245 e. The van der Waals surface area contributed by atoms with Crippen LogP contribution in [0.25, 0.3) is 0 Å². The molecule has 0 spiro atoms. The van der Waals surface area contributed by atoms with Crippen LogP contribution in [-0.2, 0) is 9.59 Å². The average Bonchev–Trinajstić information content (AvgIpc) is 2.41. The van der Waals surface area contributed by atoms with Gasteiger partial charge in [-0.05, 0) is 40.3 Å². The number of benzene rings is 1. The number of carbonyl (C=O) groups excluding carboxylic acids is 2. The quantitative estimate of drug-likeness (QED) is 0.482. The molecule has 1 aliphatic rings. The Morgan fingerprint density at radius 2 is 2.00 bits per heavy atom. The Hall–Kier alpha value is -0.620. The first-order valence-electron chi connectivity index (χ1n) is 4.34. The summed E-state index contributed by atoms with van der Waals surface area (Å²) < 4.78 is 1.01. The predicted molar refractivity (Wildman–Crippen MR) is 64.7 cm³/mol. The Kier molecular flexibility index (Phi) is 2.97. The minimum atomic E-state index is -0.796. The lowest BCUT2D eigenvalue weighted by atomic mass is 9.97. The van der Waals surface area contributed by atoms with Crippen LogP contribution in [0.4, 0.5) is 0 Å². The Bertz CT molecular complexity index is 435. The lowest BCUT2D eigenvalue weighted by molar-refractivity contribution is -0.125. The number of hydrogen-bond acceptors (Lipinski definition) is 2. The summed E-state index contributed by atoms with van der Waals surface area (Å²) in [6.07, 6.45) is 0. The zero-order valence-electron chi connectivity index (χ0n) is 7.54. The van der Waals surface area contributed by atoms with Crippen molar-refractivity contribution in [3.8, 4) is 0 Å². The summed E-state index contributed by atoms with van der Waals surface area (Å²) >= 11 is 8.03. The number of hydrogen-bond donors (Lipinski definition) is 1. The highest BCUT2D eigenvalue weighted by Crippen LogP contribution is 2.29. The summed E-state index contributed by atoms with van der Waals surface area (Å²) in [6.45, 7) is 0. The molecule has 5 heteroatoms. The molecule has 0 aliphatic carbocycles. The van der Waals surface area contributed by atoms with E-state index < -0.39 is 17.2 Å². The number of imide groups is 1. The van der Waals surface area contributed by atoms with Gasteiger partial charge in [-0.15, -0.1) is 11.6 Å². The minimum Gasteiger partial charge on any atom is -0.295 e. The molecule has 2 unspecified atom stereocenters. The fourth-order valence-electron chi connectivity index (χ4n) is 1.57. The first kappa shape index (κ1) is 10.9. The minimum absolute atomic E-state index is 0.318. The standard InChI is InChI=1S/C10H7ClINO2/c11-8-7(9(14)13-10(8)15)5-2-1-3-6(12)4-5/h1-4,7-8H,(H,13,14,15). The van der Waals surface area contributed by atoms with Crippen molar-refractivity contribution in [1.29, 1.82) is 0 Å². The van der Waals surface area contributed by atoms with Crippen LogP contribution >= 0.6 is 34.2 Å². The second-order valence-electron chi connectivity index (χ2n) is 3.29. The fraction of sp³-hybridized carbons (Fsp3) is 0.200. The van der Waals surface area contributed by atoms with Crippen LogP contribution < -0.4 is 5.32 Å². The third-order valence-corrected chi connectivity index (χ3v) is 3.40. The van der Waals surface area contributed by atoms with Crippen molar-refractivity contribution in [2.75, 3.05) is 0 Å². The van der Waals surface area contributed by atoms with Crippen molar-refractivity contribution >= 4 is 46.0 Å². The van der Waals surface area contributed by atoms with Gasteiger partial charge in [-0.3, -0.25) is 14.9 Å². The average molecular weight is 336 g/mol. The van der Waals surface area contributed by atoms with Crippen LogP contribution in [0.2, 0.25) is 0 Å². The number of carbonyl (C=O) groups is 2. The number of amides is 2. The second-order valence-corrected chi connectivity index (χ2v) is 5.00. The summed E-state index contributed by atoms with van der Waals surface area (Å²) in [5.74, 6) is -1.29. The highest BCUT2D eigenvalue weighted by Gasteiger charge is 2.41. The van der Waals surface area contributed by atoms with Gasteiger partial charge in [-0.1, -0.05) is 12.1 Å². The monoisotopic (exact) mass is 335 g/mol. The van der Waals surface area contributed by atoms with Crippen molar-refractivity contribution in [1.82, 2.24) is 5.32 Å². The maximum atomic E-state index is 11.5. The third-order valence-electron chi connectivity index (χ3n) is 2.28. The van der Waals surface area contributed by atoms with Crippen LogP contribution in [-0.4, -0.2) is 17.2 Å². The molecular weight excluding hydrogens is 328 g/mol. The number of halogens is 2. The molecule has 1 aromatic rings. The molecule has 1 N–H and O–H groups in total. The Labute approximate surface area is 105 Å². The highest BCUT2D eigenvalue weighted by molar-refractivity contribution is 14.1. The lowest BCUT2D eigenvalue weighted by Crippen LogP contribution is -2.22. The van der Waals surface area contributed by atoms with Crippen LogP contribution in [0, 0.1) is 3.57 Å². The third kappa shape index (κ3) is 2.01. The zero-order valence-corrected chi connectivity index (χ0v) is 10.4. The topological polar surface area (TPSA) is 46.2 Å². The van der Waals surface area contributed by atoms with Gasteiger partial charge in [0.25, 0.3) is 0 Å². The van der Waals surface area contributed by atoms with Crippen LogP contribution in [0.15, 0.2) is 24.3 Å². The SMILES string of the molecule is O=C1NC(=O)C(c2cccc(I)c2)C1Cl. The summed E-state index contributed by atoms with van der Waals surface area (Å²) in [4.78, 5) is 22.7. The van der Waals surface area contributed by atoms with Gasteiger partial charge in [-0.2, -0.15) is 0 Å². The zero-order chi connectivity index (χ0) is 11.0. The van der Waals surface area contributed by atoms with E-state index in [1.165, 1.54) is 0 Å². The molecule has 1 saturated heterocycles. The van der Waals surface area contributed by atoms with E-state index in [1.807, 2.05) is 18.2 Å². The van der Waals surface area contributed by atoms with Gasteiger partial charge in [0.2, 0.25) is 11.8 Å². The molecule has 2 amide bonds. The second kappa shape index (κ2) is 4.09. The van der Waals surface area contributed by atoms with Crippen molar-refractivity contribution in [3.63, 3.8) is 0 Å². The van der Waals surface area contributed by atoms with Crippen molar-refractivity contribution in [3.05, 3.63) is 33.4 Å². The predicted octanol–water partition coefficient (Wildman–Crippen LogP) is 1.64. The lowest BCUT2D eigenvalue weighted by Gasteiger charge is -2.09. The van der Waals surface area contributed by atoms with E-state index in [2.05, 4.69) is 27.9 Å². The Morgan fingerprint density at radius 1 is 1.27 bits per heavy atom. The number of rotatable bonds is 1. The number of nitrogens with one attached hydrogen (secondary N) is 1. The largest absolute Gasteiger partial charge is 0.295 e. The molecule has 0 radical (unpaired) electrons. The summed E-state index contributed by atoms with van der Waals surface area (Å²) in [7, 11) is 0. The van der Waals surface area contributed by atoms with E-state index in [4.69, 9.17) is 11.6 Å². The van der Waals surface area contributed by atoms with E-state index in [0.717, 1.165) is 9.13 Å². The van der Waals surface area contributed by atoms with Crippen LogP contribution in [0.3, 0.4) is 0 Å². The fourth-order valence-corrected chi connectivity index (χ4v) is 2.45. The van der Waals surface area contributed by atoms with Gasteiger partial charge in [0.15, 0.2) is 0 Å². The van der Waals surface area contributed by atoms with E-state index in [-0.39, 0.29) is 5.91 Å². The first-order valence-corrected chi connectivity index (χ1v) is 5.85. The Morgan fingerprint density at radius 3 is 2.53 bits per heavy atom. The van der Waals surface area contributed by atoms with Gasteiger partial charge in [-0.25, -0.2) is 0 Å². The van der Waals surface area contributed by atoms with E-state index in [1.54, 1.807) is 6.07 Å². The van der Waals surface area contributed by atoms with E-state index in [9.17, 15) is 9.59 Å². The molecule has 0 saturated carbocycles. The summed E-state index contributed by atoms with van der Waals surface area (Å²) in [6, 6.07) is 7.43. The van der Waals surface area contributed by atoms with E-state index >= 15 is 0 Å². The molecule has 0 aromatic heterocycles. The van der Waals surface area contributed by atoms with Crippen molar-refractivity contribution in [2.24, 2.45) is 0 Å². The molecule has 2 atom stereocenters. The van der Waals surface area contributed by atoms with Crippen LogP contribution in [0.5, 0.6) is 0 Å².